The van der Waals surface area contributed by atoms with Gasteiger partial charge in [-0.2, -0.15) is 10.4 Å². The van der Waals surface area contributed by atoms with Gasteiger partial charge in [-0.05, 0) is 31.2 Å². The van der Waals surface area contributed by atoms with E-state index in [1.54, 1.807) is 35.3 Å². The Morgan fingerprint density at radius 1 is 1.24 bits per heavy atom. The number of benzene rings is 1. The van der Waals surface area contributed by atoms with Crippen molar-refractivity contribution in [1.82, 2.24) is 14.8 Å². The Balaban J connectivity index is 2.01. The average molecular weight is 332 g/mol. The fourth-order valence-corrected chi connectivity index (χ4v) is 2.45. The molecular formula is C19H16N4O2. The third-order valence-electron chi connectivity index (χ3n) is 3.61. The van der Waals surface area contributed by atoms with Crippen molar-refractivity contribution in [3.63, 3.8) is 0 Å². The predicted octanol–water partition coefficient (Wildman–Crippen LogP) is 3.16. The van der Waals surface area contributed by atoms with E-state index in [1.807, 2.05) is 43.3 Å². The molecule has 6 nitrogen and oxygen atoms in total. The Kier molecular flexibility index (Phi) is 4.86. The molecule has 2 aromatic heterocycles. The summed E-state index contributed by atoms with van der Waals surface area (Å²) in [6.45, 7) is 2.22. The number of pyridine rings is 1. The summed E-state index contributed by atoms with van der Waals surface area (Å²) in [6, 6.07) is 16.6. The average Bonchev–Trinajstić information content (AvgIpc) is 3.08. The highest BCUT2D eigenvalue weighted by Crippen LogP contribution is 2.26. The van der Waals surface area contributed by atoms with E-state index in [9.17, 15) is 10.1 Å². The van der Waals surface area contributed by atoms with Gasteiger partial charge in [-0.25, -0.2) is 4.68 Å². The zero-order chi connectivity index (χ0) is 17.6. The van der Waals surface area contributed by atoms with Crippen molar-refractivity contribution in [2.45, 2.75) is 12.8 Å². The topological polar surface area (TPSA) is 80.8 Å². The van der Waals surface area contributed by atoms with Gasteiger partial charge in [-0.15, -0.1) is 0 Å². The van der Waals surface area contributed by atoms with Crippen LogP contribution in [0.3, 0.4) is 0 Å². The molecule has 0 unspecified atom stereocenters. The molecule has 1 aromatic carbocycles. The summed E-state index contributed by atoms with van der Waals surface area (Å²) in [5.41, 5.74) is 1.32. The highest BCUT2D eigenvalue weighted by atomic mass is 16.5. The Hall–Kier alpha value is -3.46. The van der Waals surface area contributed by atoms with E-state index >= 15 is 0 Å². The fourth-order valence-electron chi connectivity index (χ4n) is 2.45. The minimum absolute atomic E-state index is 0.128. The van der Waals surface area contributed by atoms with Gasteiger partial charge in [-0.3, -0.25) is 9.78 Å². The van der Waals surface area contributed by atoms with Crippen molar-refractivity contribution in [3.8, 4) is 17.5 Å². The molecule has 6 heteroatoms. The Labute approximate surface area is 145 Å². The molecule has 0 saturated heterocycles. The maximum Gasteiger partial charge on any atom is 0.210 e. The van der Waals surface area contributed by atoms with E-state index < -0.39 is 11.7 Å². The molecule has 0 aliphatic rings. The molecule has 0 amide bonds. The number of Topliss-reactive ketones (excluding diaryl/α,β-unsaturated/α-hetero) is 1. The molecule has 0 aliphatic heterocycles. The lowest BCUT2D eigenvalue weighted by Crippen LogP contribution is -2.14. The lowest BCUT2D eigenvalue weighted by atomic mass is 9.98. The maximum atomic E-state index is 12.9. The molecule has 2 heterocycles. The van der Waals surface area contributed by atoms with Crippen LogP contribution in [0.1, 0.15) is 29.0 Å². The maximum absolute atomic E-state index is 12.9. The van der Waals surface area contributed by atoms with Crippen LogP contribution in [0.15, 0.2) is 60.9 Å². The molecular weight excluding hydrogens is 316 g/mol. The lowest BCUT2D eigenvalue weighted by Gasteiger charge is -2.07. The number of nitrogens with zero attached hydrogens (tertiary/aromatic N) is 4. The largest absolute Gasteiger partial charge is 0.490 e. The van der Waals surface area contributed by atoms with Gasteiger partial charge in [0, 0.05) is 6.20 Å². The number of carbonyl (C=O) groups is 1. The van der Waals surface area contributed by atoms with Gasteiger partial charge in [0.25, 0.3) is 0 Å². The van der Waals surface area contributed by atoms with Crippen molar-refractivity contribution < 1.29 is 9.53 Å². The van der Waals surface area contributed by atoms with Gasteiger partial charge in [0.1, 0.15) is 0 Å². The number of ketones is 1. The van der Waals surface area contributed by atoms with Gasteiger partial charge in [0.2, 0.25) is 5.78 Å². The molecule has 3 aromatic rings. The Bertz CT molecular complexity index is 898. The summed E-state index contributed by atoms with van der Waals surface area (Å²) in [5, 5.41) is 13.8. The normalized spacial score (nSPS) is 11.5. The van der Waals surface area contributed by atoms with Gasteiger partial charge in [0.05, 0.1) is 30.3 Å². The van der Waals surface area contributed by atoms with Gasteiger partial charge in [-0.1, -0.05) is 24.3 Å². The number of aromatic nitrogens is 3. The highest BCUT2D eigenvalue weighted by molar-refractivity contribution is 6.03. The van der Waals surface area contributed by atoms with Crippen LogP contribution in [0.4, 0.5) is 0 Å². The van der Waals surface area contributed by atoms with Gasteiger partial charge < -0.3 is 4.74 Å². The minimum Gasteiger partial charge on any atom is -0.490 e. The Morgan fingerprint density at radius 3 is 2.64 bits per heavy atom. The van der Waals surface area contributed by atoms with Crippen molar-refractivity contribution in [2.75, 3.05) is 6.61 Å². The number of ether oxygens (including phenoxy) is 1. The highest BCUT2D eigenvalue weighted by Gasteiger charge is 2.29. The second-order valence-corrected chi connectivity index (χ2v) is 5.24. The van der Waals surface area contributed by atoms with Crippen molar-refractivity contribution in [1.29, 1.82) is 5.26 Å². The molecule has 0 fully saturated rings. The van der Waals surface area contributed by atoms with Crippen LogP contribution in [0.2, 0.25) is 0 Å². The first-order valence-electron chi connectivity index (χ1n) is 7.87. The summed E-state index contributed by atoms with van der Waals surface area (Å²) in [4.78, 5) is 17.0. The Morgan fingerprint density at radius 2 is 2.00 bits per heavy atom. The van der Waals surface area contributed by atoms with Crippen LogP contribution in [-0.2, 0) is 0 Å². The predicted molar refractivity (Wildman–Crippen MR) is 91.7 cm³/mol. The second kappa shape index (κ2) is 7.41. The molecule has 1 atom stereocenters. The number of hydrogen-bond donors (Lipinski definition) is 0. The SMILES string of the molecule is CCOc1cn(-c2ccccc2)nc1C(=O)[C@H](C#N)c1ccccn1. The van der Waals surface area contributed by atoms with Gasteiger partial charge in [0.15, 0.2) is 17.4 Å². The fraction of sp³-hybridized carbons (Fsp3) is 0.158. The molecule has 0 N–H and O–H groups in total. The van der Waals surface area contributed by atoms with Crippen LogP contribution >= 0.6 is 0 Å². The van der Waals surface area contributed by atoms with E-state index in [2.05, 4.69) is 10.1 Å². The number of rotatable bonds is 6. The van der Waals surface area contributed by atoms with E-state index in [1.165, 1.54) is 0 Å². The molecule has 0 radical (unpaired) electrons. The minimum atomic E-state index is -1.03. The second-order valence-electron chi connectivity index (χ2n) is 5.24. The molecule has 3 rings (SSSR count). The molecule has 124 valence electrons. The van der Waals surface area contributed by atoms with Crippen LogP contribution in [-0.4, -0.2) is 27.2 Å². The standard InChI is InChI=1S/C19H16N4O2/c1-2-25-17-13-23(14-8-4-3-5-9-14)22-18(17)19(24)15(12-20)16-10-6-7-11-21-16/h3-11,13,15H,2H2,1H3/t15-/m1/s1. The van der Waals surface area contributed by atoms with Crippen LogP contribution in [0.5, 0.6) is 5.75 Å². The third-order valence-corrected chi connectivity index (χ3v) is 3.61. The molecule has 0 saturated carbocycles. The molecule has 0 bridgehead atoms. The summed E-state index contributed by atoms with van der Waals surface area (Å²) in [6.07, 6.45) is 3.21. The smallest absolute Gasteiger partial charge is 0.210 e. The summed E-state index contributed by atoms with van der Waals surface area (Å²) >= 11 is 0. The monoisotopic (exact) mass is 332 g/mol. The zero-order valence-electron chi connectivity index (χ0n) is 13.7. The van der Waals surface area contributed by atoms with Crippen molar-refractivity contribution in [2.24, 2.45) is 0 Å². The lowest BCUT2D eigenvalue weighted by molar-refractivity contribution is 0.0968. The van der Waals surface area contributed by atoms with E-state index in [0.717, 1.165) is 5.69 Å². The number of nitriles is 1. The van der Waals surface area contributed by atoms with Gasteiger partial charge >= 0.3 is 0 Å². The van der Waals surface area contributed by atoms with E-state index in [4.69, 9.17) is 4.74 Å². The van der Waals surface area contributed by atoms with Crippen molar-refractivity contribution in [3.05, 3.63) is 72.3 Å². The van der Waals surface area contributed by atoms with Crippen LogP contribution in [0, 0.1) is 11.3 Å². The zero-order valence-corrected chi connectivity index (χ0v) is 13.7. The molecule has 25 heavy (non-hydrogen) atoms. The first kappa shape index (κ1) is 16.4. The summed E-state index contributed by atoms with van der Waals surface area (Å²) in [5.74, 6) is -1.11. The number of carbonyl (C=O) groups excluding carboxylic acids is 1. The summed E-state index contributed by atoms with van der Waals surface area (Å²) < 4.78 is 7.13. The summed E-state index contributed by atoms with van der Waals surface area (Å²) in [7, 11) is 0. The van der Waals surface area contributed by atoms with E-state index in [0.29, 0.717) is 18.1 Å². The van der Waals surface area contributed by atoms with E-state index in [-0.39, 0.29) is 5.69 Å². The quantitative estimate of drug-likeness (QED) is 0.648. The number of para-hydroxylation sites is 1. The van der Waals surface area contributed by atoms with Crippen LogP contribution in [0.25, 0.3) is 5.69 Å². The molecule has 0 spiro atoms. The first-order chi connectivity index (χ1) is 12.2. The third kappa shape index (κ3) is 3.40. The van der Waals surface area contributed by atoms with Crippen LogP contribution < -0.4 is 4.74 Å². The number of hydrogen-bond acceptors (Lipinski definition) is 5. The molecule has 0 aliphatic carbocycles. The first-order valence-corrected chi connectivity index (χ1v) is 7.87. The van der Waals surface area contributed by atoms with Crippen molar-refractivity contribution >= 4 is 5.78 Å².